The van der Waals surface area contributed by atoms with Gasteiger partial charge in [0.2, 0.25) is 0 Å². The van der Waals surface area contributed by atoms with Crippen LogP contribution in [0.3, 0.4) is 0 Å². The molecule has 0 saturated heterocycles. The van der Waals surface area contributed by atoms with Crippen molar-refractivity contribution in [3.05, 3.63) is 84.2 Å². The van der Waals surface area contributed by atoms with E-state index >= 15 is 0 Å². The zero-order valence-corrected chi connectivity index (χ0v) is 12.3. The zero-order chi connectivity index (χ0) is 15.2. The summed E-state index contributed by atoms with van der Waals surface area (Å²) in [6, 6.07) is 20.2. The van der Waals surface area contributed by atoms with Crippen LogP contribution in [0, 0.1) is 0 Å². The molecule has 3 rings (SSSR count). The molecule has 0 atom stereocenters. The third kappa shape index (κ3) is 3.51. The van der Waals surface area contributed by atoms with Crippen LogP contribution < -0.4 is 10.5 Å². The minimum Gasteiger partial charge on any atom is -0.489 e. The van der Waals surface area contributed by atoms with E-state index in [2.05, 4.69) is 23.2 Å². The summed E-state index contributed by atoms with van der Waals surface area (Å²) in [7, 11) is 0. The van der Waals surface area contributed by atoms with E-state index in [1.807, 2.05) is 48.7 Å². The number of hydrogen-bond donors (Lipinski definition) is 1. The van der Waals surface area contributed by atoms with Gasteiger partial charge in [-0.3, -0.25) is 4.98 Å². The maximum absolute atomic E-state index is 5.79. The van der Waals surface area contributed by atoms with Gasteiger partial charge in [-0.25, -0.2) is 0 Å². The van der Waals surface area contributed by atoms with Crippen molar-refractivity contribution < 1.29 is 4.74 Å². The van der Waals surface area contributed by atoms with E-state index in [0.717, 1.165) is 28.0 Å². The summed E-state index contributed by atoms with van der Waals surface area (Å²) in [5.41, 5.74) is 10.0. The Morgan fingerprint density at radius 3 is 2.32 bits per heavy atom. The number of nitrogens with two attached hydrogens (primary N) is 1. The van der Waals surface area contributed by atoms with E-state index in [9.17, 15) is 0 Å². The second kappa shape index (κ2) is 6.87. The summed E-state index contributed by atoms with van der Waals surface area (Å²) in [6.07, 6.45) is 3.64. The topological polar surface area (TPSA) is 48.1 Å². The molecule has 0 unspecified atom stereocenters. The minimum atomic E-state index is 0.499. The smallest absolute Gasteiger partial charge is 0.119 e. The molecule has 0 bridgehead atoms. The number of ether oxygens (including phenoxy) is 1. The summed E-state index contributed by atoms with van der Waals surface area (Å²) < 4.78 is 5.79. The van der Waals surface area contributed by atoms with Crippen molar-refractivity contribution >= 4 is 0 Å². The molecule has 0 spiro atoms. The lowest BCUT2D eigenvalue weighted by molar-refractivity contribution is 0.306. The molecule has 3 nitrogen and oxygen atoms in total. The maximum atomic E-state index is 5.79. The van der Waals surface area contributed by atoms with Gasteiger partial charge in [0.25, 0.3) is 0 Å². The van der Waals surface area contributed by atoms with Crippen LogP contribution in [0.1, 0.15) is 11.1 Å². The van der Waals surface area contributed by atoms with E-state index < -0.39 is 0 Å². The van der Waals surface area contributed by atoms with Gasteiger partial charge in [0, 0.05) is 24.5 Å². The molecule has 0 fully saturated rings. The van der Waals surface area contributed by atoms with Crippen molar-refractivity contribution in [1.82, 2.24) is 4.98 Å². The molecule has 3 aromatic rings. The lowest BCUT2D eigenvalue weighted by atomic mass is 10.1. The number of benzene rings is 2. The molecule has 1 aromatic heterocycles. The van der Waals surface area contributed by atoms with Gasteiger partial charge in [0.15, 0.2) is 0 Å². The summed E-state index contributed by atoms with van der Waals surface area (Å²) in [6.45, 7) is 1.07. The zero-order valence-electron chi connectivity index (χ0n) is 12.3. The van der Waals surface area contributed by atoms with Gasteiger partial charge in [-0.05, 0) is 34.9 Å². The maximum Gasteiger partial charge on any atom is 0.119 e. The Balaban J connectivity index is 1.69. The first-order valence-corrected chi connectivity index (χ1v) is 7.26. The van der Waals surface area contributed by atoms with Crippen LogP contribution in [0.4, 0.5) is 0 Å². The Labute approximate surface area is 130 Å². The molecule has 3 heteroatoms. The van der Waals surface area contributed by atoms with Crippen LogP contribution in [-0.2, 0) is 13.2 Å². The quantitative estimate of drug-likeness (QED) is 0.777. The second-order valence-corrected chi connectivity index (χ2v) is 5.08. The molecule has 1 heterocycles. The minimum absolute atomic E-state index is 0.499. The van der Waals surface area contributed by atoms with E-state index in [-0.39, 0.29) is 0 Å². The molecule has 0 aliphatic rings. The van der Waals surface area contributed by atoms with Crippen LogP contribution in [0.15, 0.2) is 73.1 Å². The normalized spacial score (nSPS) is 10.4. The molecule has 0 radical (unpaired) electrons. The van der Waals surface area contributed by atoms with Crippen LogP contribution in [0.5, 0.6) is 5.75 Å². The predicted octanol–water partition coefficient (Wildman–Crippen LogP) is 3.79. The average molecular weight is 290 g/mol. The standard InChI is InChI=1S/C19H18N2O/c20-11-16-10-18(13-21-12-16)17-6-8-19(9-7-17)22-14-15-4-2-1-3-5-15/h1-10,12-13H,11,14,20H2. The van der Waals surface area contributed by atoms with Crippen molar-refractivity contribution in [2.24, 2.45) is 5.73 Å². The fourth-order valence-corrected chi connectivity index (χ4v) is 2.24. The number of rotatable bonds is 5. The molecule has 2 aromatic carbocycles. The summed E-state index contributed by atoms with van der Waals surface area (Å²) in [4.78, 5) is 4.22. The molecular formula is C19H18N2O. The summed E-state index contributed by atoms with van der Waals surface area (Å²) in [5.74, 6) is 0.857. The first kappa shape index (κ1) is 14.3. The van der Waals surface area contributed by atoms with Crippen LogP contribution in [0.2, 0.25) is 0 Å². The average Bonchev–Trinajstić information content (AvgIpc) is 2.61. The molecule has 22 heavy (non-hydrogen) atoms. The fourth-order valence-electron chi connectivity index (χ4n) is 2.24. The Kier molecular flexibility index (Phi) is 4.47. The number of hydrogen-bond acceptors (Lipinski definition) is 3. The Morgan fingerprint density at radius 1 is 0.818 bits per heavy atom. The van der Waals surface area contributed by atoms with Crippen molar-refractivity contribution in [2.45, 2.75) is 13.2 Å². The predicted molar refractivity (Wildman–Crippen MR) is 88.3 cm³/mol. The van der Waals surface area contributed by atoms with E-state index in [0.29, 0.717) is 13.2 Å². The van der Waals surface area contributed by atoms with Crippen molar-refractivity contribution in [3.8, 4) is 16.9 Å². The lowest BCUT2D eigenvalue weighted by Gasteiger charge is -2.08. The third-order valence-corrected chi connectivity index (χ3v) is 3.47. The SMILES string of the molecule is NCc1cncc(-c2ccc(OCc3ccccc3)cc2)c1. The van der Waals surface area contributed by atoms with E-state index in [4.69, 9.17) is 10.5 Å². The highest BCUT2D eigenvalue weighted by Gasteiger charge is 2.01. The van der Waals surface area contributed by atoms with Crippen LogP contribution >= 0.6 is 0 Å². The van der Waals surface area contributed by atoms with Crippen LogP contribution in [0.25, 0.3) is 11.1 Å². The van der Waals surface area contributed by atoms with Crippen LogP contribution in [-0.4, -0.2) is 4.98 Å². The molecule has 2 N–H and O–H groups in total. The molecule has 0 amide bonds. The van der Waals surface area contributed by atoms with Gasteiger partial charge >= 0.3 is 0 Å². The summed E-state index contributed by atoms with van der Waals surface area (Å²) >= 11 is 0. The third-order valence-electron chi connectivity index (χ3n) is 3.47. The first-order valence-electron chi connectivity index (χ1n) is 7.26. The highest BCUT2D eigenvalue weighted by Crippen LogP contribution is 2.23. The number of aromatic nitrogens is 1. The lowest BCUT2D eigenvalue weighted by Crippen LogP contribution is -1.97. The number of pyridine rings is 1. The summed E-state index contributed by atoms with van der Waals surface area (Å²) in [5, 5.41) is 0. The van der Waals surface area contributed by atoms with Crippen molar-refractivity contribution in [1.29, 1.82) is 0 Å². The van der Waals surface area contributed by atoms with Gasteiger partial charge in [-0.15, -0.1) is 0 Å². The van der Waals surface area contributed by atoms with Gasteiger partial charge in [-0.2, -0.15) is 0 Å². The fraction of sp³-hybridized carbons (Fsp3) is 0.105. The number of nitrogens with zero attached hydrogens (tertiary/aromatic N) is 1. The molecule has 0 saturated carbocycles. The van der Waals surface area contributed by atoms with Gasteiger partial charge < -0.3 is 10.5 Å². The molecule has 110 valence electrons. The van der Waals surface area contributed by atoms with Crippen molar-refractivity contribution in [3.63, 3.8) is 0 Å². The van der Waals surface area contributed by atoms with Crippen molar-refractivity contribution in [2.75, 3.05) is 0 Å². The molecule has 0 aliphatic heterocycles. The Morgan fingerprint density at radius 2 is 1.59 bits per heavy atom. The Bertz CT molecular complexity index is 724. The second-order valence-electron chi connectivity index (χ2n) is 5.08. The van der Waals surface area contributed by atoms with Gasteiger partial charge in [0.05, 0.1) is 0 Å². The largest absolute Gasteiger partial charge is 0.489 e. The molecular weight excluding hydrogens is 272 g/mol. The van der Waals surface area contributed by atoms with E-state index in [1.165, 1.54) is 0 Å². The van der Waals surface area contributed by atoms with Gasteiger partial charge in [0.1, 0.15) is 12.4 Å². The van der Waals surface area contributed by atoms with E-state index in [1.54, 1.807) is 6.20 Å². The monoisotopic (exact) mass is 290 g/mol. The molecule has 0 aliphatic carbocycles. The highest BCUT2D eigenvalue weighted by atomic mass is 16.5. The first-order chi connectivity index (χ1) is 10.8. The highest BCUT2D eigenvalue weighted by molar-refractivity contribution is 5.63. The Hall–Kier alpha value is -2.65. The van der Waals surface area contributed by atoms with Gasteiger partial charge in [-0.1, -0.05) is 42.5 Å².